The average molecular weight is 1100 g/mol. The molecule has 2 atom stereocenters. The van der Waals surface area contributed by atoms with Gasteiger partial charge in [0, 0.05) is 19.4 Å². The van der Waals surface area contributed by atoms with Gasteiger partial charge < -0.3 is 20.1 Å². The van der Waals surface area contributed by atoms with Crippen LogP contribution < -0.4 is 5.73 Å². The summed E-state index contributed by atoms with van der Waals surface area (Å²) in [6.45, 7) is 3.67. The third-order valence-corrected chi connectivity index (χ3v) is 14.8. The molecule has 0 amide bonds. The molecule has 0 aliphatic heterocycles. The van der Waals surface area contributed by atoms with Crippen LogP contribution in [0.2, 0.25) is 0 Å². The highest BCUT2D eigenvalue weighted by Gasteiger charge is 2.26. The SMILES string of the molecule is CC/C=C\C/C=C\C/C=C\C/C=C\C/C=C\C/C=C\C/C=C\CCCCCCCCCCCCCC(=O)OC(COC(=O)CCCCCCCCCCCCCCCCCCCCCCCCC)COP(=O)(O)OCCN. The largest absolute Gasteiger partial charge is 0.472 e. The van der Waals surface area contributed by atoms with Crippen molar-refractivity contribution < 1.29 is 37.6 Å². The molecule has 0 spiro atoms. The quantitative estimate of drug-likeness (QED) is 0.0264. The van der Waals surface area contributed by atoms with Crippen molar-refractivity contribution >= 4 is 19.8 Å². The number of nitrogens with two attached hydrogens (primary N) is 1. The van der Waals surface area contributed by atoms with Crippen LogP contribution >= 0.6 is 7.82 Å². The molecule has 0 heterocycles. The van der Waals surface area contributed by atoms with Crippen molar-refractivity contribution in [1.82, 2.24) is 0 Å². The molecule has 2 unspecified atom stereocenters. The van der Waals surface area contributed by atoms with Crippen molar-refractivity contribution in [2.75, 3.05) is 26.4 Å². The Morgan fingerprint density at radius 2 is 0.714 bits per heavy atom. The molecule has 0 fully saturated rings. The minimum atomic E-state index is -4.39. The maximum Gasteiger partial charge on any atom is 0.472 e. The minimum absolute atomic E-state index is 0.0514. The lowest BCUT2D eigenvalue weighted by molar-refractivity contribution is -0.161. The van der Waals surface area contributed by atoms with E-state index in [2.05, 4.69) is 98.9 Å². The van der Waals surface area contributed by atoms with Gasteiger partial charge in [0.2, 0.25) is 0 Å². The summed E-state index contributed by atoms with van der Waals surface area (Å²) in [4.78, 5) is 35.3. The lowest BCUT2D eigenvalue weighted by Crippen LogP contribution is -2.29. The molecule has 0 bridgehead atoms. The molecular formula is C67H120NO8P. The fourth-order valence-corrected chi connectivity index (χ4v) is 9.86. The molecule has 0 rings (SSSR count). The van der Waals surface area contributed by atoms with E-state index in [4.69, 9.17) is 24.3 Å². The number of esters is 2. The molecule has 0 aromatic carbocycles. The fourth-order valence-electron chi connectivity index (χ4n) is 9.09. The molecule has 77 heavy (non-hydrogen) atoms. The molecule has 0 aromatic rings. The Balaban J connectivity index is 3.94. The highest BCUT2D eigenvalue weighted by atomic mass is 31.2. The monoisotopic (exact) mass is 1100 g/mol. The normalized spacial score (nSPS) is 13.6. The molecule has 0 aromatic heterocycles. The Hall–Kier alpha value is -2.81. The van der Waals surface area contributed by atoms with Crippen LogP contribution in [0, 0.1) is 0 Å². The summed E-state index contributed by atoms with van der Waals surface area (Å²) < 4.78 is 33.1. The first-order valence-electron chi connectivity index (χ1n) is 32.1. The van der Waals surface area contributed by atoms with Gasteiger partial charge in [-0.1, -0.05) is 298 Å². The molecule has 446 valence electrons. The van der Waals surface area contributed by atoms with E-state index >= 15 is 0 Å². The van der Waals surface area contributed by atoms with Crippen LogP contribution in [0.4, 0.5) is 0 Å². The first-order chi connectivity index (χ1) is 37.8. The van der Waals surface area contributed by atoms with E-state index in [1.807, 2.05) is 0 Å². The van der Waals surface area contributed by atoms with E-state index in [1.165, 1.54) is 173 Å². The third kappa shape index (κ3) is 62.3. The van der Waals surface area contributed by atoms with Gasteiger partial charge in [-0.3, -0.25) is 18.6 Å². The molecule has 9 nitrogen and oxygen atoms in total. The van der Waals surface area contributed by atoms with Crippen LogP contribution in [0.1, 0.15) is 296 Å². The Morgan fingerprint density at radius 1 is 0.403 bits per heavy atom. The Labute approximate surface area is 474 Å². The summed E-state index contributed by atoms with van der Waals surface area (Å²) in [6.07, 6.45) is 82.2. The van der Waals surface area contributed by atoms with Gasteiger partial charge in [0.15, 0.2) is 6.10 Å². The predicted molar refractivity (Wildman–Crippen MR) is 330 cm³/mol. The zero-order valence-corrected chi connectivity index (χ0v) is 50.8. The van der Waals surface area contributed by atoms with Crippen LogP contribution in [0.5, 0.6) is 0 Å². The number of carbonyl (C=O) groups excluding carboxylic acids is 2. The minimum Gasteiger partial charge on any atom is -0.462 e. The van der Waals surface area contributed by atoms with Gasteiger partial charge in [-0.25, -0.2) is 4.57 Å². The number of unbranched alkanes of at least 4 members (excludes halogenated alkanes) is 33. The van der Waals surface area contributed by atoms with Crippen LogP contribution in [-0.4, -0.2) is 49.3 Å². The molecule has 0 radical (unpaired) electrons. The van der Waals surface area contributed by atoms with E-state index in [9.17, 15) is 19.0 Å². The highest BCUT2D eigenvalue weighted by molar-refractivity contribution is 7.47. The van der Waals surface area contributed by atoms with Crippen molar-refractivity contribution in [1.29, 1.82) is 0 Å². The maximum atomic E-state index is 12.7. The van der Waals surface area contributed by atoms with Gasteiger partial charge in [-0.05, 0) is 70.6 Å². The predicted octanol–water partition coefficient (Wildman–Crippen LogP) is 20.6. The Morgan fingerprint density at radius 3 is 1.06 bits per heavy atom. The van der Waals surface area contributed by atoms with Gasteiger partial charge in [-0.2, -0.15) is 0 Å². The number of ether oxygens (including phenoxy) is 2. The van der Waals surface area contributed by atoms with Gasteiger partial charge in [-0.15, -0.1) is 0 Å². The molecule has 0 saturated carbocycles. The second-order valence-electron chi connectivity index (χ2n) is 21.3. The zero-order valence-electron chi connectivity index (χ0n) is 49.9. The van der Waals surface area contributed by atoms with Crippen LogP contribution in [0.15, 0.2) is 85.1 Å². The zero-order chi connectivity index (χ0) is 55.9. The van der Waals surface area contributed by atoms with Crippen molar-refractivity contribution in [3.8, 4) is 0 Å². The number of hydrogen-bond acceptors (Lipinski definition) is 8. The summed E-state index contributed by atoms with van der Waals surface area (Å²) in [7, 11) is -4.39. The van der Waals surface area contributed by atoms with E-state index in [0.29, 0.717) is 6.42 Å². The number of phosphoric acid groups is 1. The summed E-state index contributed by atoms with van der Waals surface area (Å²) in [5, 5.41) is 0. The van der Waals surface area contributed by atoms with E-state index in [-0.39, 0.29) is 38.6 Å². The molecule has 0 saturated heterocycles. The van der Waals surface area contributed by atoms with E-state index in [1.54, 1.807) is 0 Å². The summed E-state index contributed by atoms with van der Waals surface area (Å²) >= 11 is 0. The number of allylic oxidation sites excluding steroid dienone is 14. The van der Waals surface area contributed by atoms with Crippen molar-refractivity contribution in [3.63, 3.8) is 0 Å². The lowest BCUT2D eigenvalue weighted by Gasteiger charge is -2.19. The first kappa shape index (κ1) is 74.2. The summed E-state index contributed by atoms with van der Waals surface area (Å²) in [5.74, 6) is -0.821. The fraction of sp³-hybridized carbons (Fsp3) is 0.761. The Kier molecular flexibility index (Phi) is 60.1. The second kappa shape index (κ2) is 62.4. The summed E-state index contributed by atoms with van der Waals surface area (Å²) in [5.41, 5.74) is 5.39. The molecule has 0 aliphatic carbocycles. The van der Waals surface area contributed by atoms with Gasteiger partial charge in [0.1, 0.15) is 6.61 Å². The number of hydrogen-bond donors (Lipinski definition) is 2. The molecular weight excluding hydrogens is 978 g/mol. The topological polar surface area (TPSA) is 134 Å². The lowest BCUT2D eigenvalue weighted by atomic mass is 10.0. The average Bonchev–Trinajstić information content (AvgIpc) is 3.42. The highest BCUT2D eigenvalue weighted by Crippen LogP contribution is 2.43. The van der Waals surface area contributed by atoms with E-state index in [0.717, 1.165) is 89.9 Å². The van der Waals surface area contributed by atoms with E-state index < -0.39 is 26.5 Å². The standard InChI is InChI=1S/C67H120NO8P/c1-3-5-7-9-11-13-15-17-19-21-23-25-27-28-29-30-31-32-33-34-35-36-38-40-42-44-46-48-50-52-54-56-58-60-67(70)76-65(64-75-77(71,72)74-62-61-68)63-73-66(69)59-57-55-53-51-49-47-45-43-41-39-37-26-24-22-20-18-16-14-12-10-8-6-4-2/h5,7,11,13,17,19,23,25,28-29,31-32,34-35,65H,3-4,6,8-10,12,14-16,18,20-22,24,26-27,30,33,36-64,68H2,1-2H3,(H,71,72)/b7-5-,13-11-,19-17-,25-23-,29-28-,32-31-,35-34-. The molecule has 3 N–H and O–H groups in total. The Bertz CT molecular complexity index is 1530. The van der Waals surface area contributed by atoms with Crippen LogP contribution in [0.25, 0.3) is 0 Å². The molecule has 10 heteroatoms. The summed E-state index contributed by atoms with van der Waals surface area (Å²) in [6, 6.07) is 0. The number of rotatable bonds is 60. The van der Waals surface area contributed by atoms with Gasteiger partial charge in [0.25, 0.3) is 0 Å². The van der Waals surface area contributed by atoms with Crippen molar-refractivity contribution in [2.45, 2.75) is 302 Å². The number of phosphoric ester groups is 1. The van der Waals surface area contributed by atoms with Gasteiger partial charge in [0.05, 0.1) is 13.2 Å². The first-order valence-corrected chi connectivity index (χ1v) is 33.6. The van der Waals surface area contributed by atoms with Crippen LogP contribution in [-0.2, 0) is 32.7 Å². The van der Waals surface area contributed by atoms with Crippen molar-refractivity contribution in [2.24, 2.45) is 5.73 Å². The van der Waals surface area contributed by atoms with Crippen LogP contribution in [0.3, 0.4) is 0 Å². The van der Waals surface area contributed by atoms with Gasteiger partial charge >= 0.3 is 19.8 Å². The van der Waals surface area contributed by atoms with Crippen molar-refractivity contribution in [3.05, 3.63) is 85.1 Å². The molecule has 0 aliphatic rings. The number of carbonyl (C=O) groups is 2. The second-order valence-corrected chi connectivity index (χ2v) is 22.7. The third-order valence-electron chi connectivity index (χ3n) is 13.8. The smallest absolute Gasteiger partial charge is 0.462 e. The maximum absolute atomic E-state index is 12.7.